The van der Waals surface area contributed by atoms with Gasteiger partial charge in [-0.25, -0.2) is 0 Å². The highest BCUT2D eigenvalue weighted by Crippen LogP contribution is 2.07. The number of rotatable bonds is 5. The van der Waals surface area contributed by atoms with Crippen LogP contribution in [0.1, 0.15) is 11.5 Å². The standard InChI is InChI=1S/C13H14N2O3S/c1-10-7-12(18-15-10)8-19(17)9-13(16)14-11-5-3-2-4-6-11/h2-7H,8-9H2,1H3,(H,14,16). The first-order valence-electron chi connectivity index (χ1n) is 5.75. The van der Waals surface area contributed by atoms with Gasteiger partial charge >= 0.3 is 0 Å². The molecule has 0 spiro atoms. The molecule has 1 aromatic heterocycles. The van der Waals surface area contributed by atoms with Crippen molar-refractivity contribution < 1.29 is 13.5 Å². The van der Waals surface area contributed by atoms with Crippen molar-refractivity contribution in [3.8, 4) is 0 Å². The number of aryl methyl sites for hydroxylation is 1. The molecule has 1 unspecified atom stereocenters. The van der Waals surface area contributed by atoms with Crippen molar-refractivity contribution >= 4 is 22.4 Å². The van der Waals surface area contributed by atoms with Crippen LogP contribution < -0.4 is 5.32 Å². The number of nitrogens with one attached hydrogen (secondary N) is 1. The molecule has 0 aliphatic carbocycles. The third kappa shape index (κ3) is 4.33. The average molecular weight is 278 g/mol. The summed E-state index contributed by atoms with van der Waals surface area (Å²) in [5, 5.41) is 6.39. The summed E-state index contributed by atoms with van der Waals surface area (Å²) in [6.07, 6.45) is 0. The van der Waals surface area contributed by atoms with Crippen molar-refractivity contribution in [1.29, 1.82) is 0 Å². The number of hydrogen-bond acceptors (Lipinski definition) is 4. The quantitative estimate of drug-likeness (QED) is 0.906. The second-order valence-electron chi connectivity index (χ2n) is 4.08. The highest BCUT2D eigenvalue weighted by atomic mass is 32.2. The molecule has 1 N–H and O–H groups in total. The van der Waals surface area contributed by atoms with Crippen LogP contribution >= 0.6 is 0 Å². The first kappa shape index (κ1) is 13.5. The van der Waals surface area contributed by atoms with Crippen molar-refractivity contribution in [2.24, 2.45) is 0 Å². The SMILES string of the molecule is Cc1cc(CS(=O)CC(=O)Nc2ccccc2)on1. The third-order valence-electron chi connectivity index (χ3n) is 2.33. The lowest BCUT2D eigenvalue weighted by Gasteiger charge is -2.04. The van der Waals surface area contributed by atoms with Gasteiger partial charge < -0.3 is 9.84 Å². The van der Waals surface area contributed by atoms with E-state index in [9.17, 15) is 9.00 Å². The minimum absolute atomic E-state index is 0.0609. The lowest BCUT2D eigenvalue weighted by molar-refractivity contribution is -0.113. The molecule has 19 heavy (non-hydrogen) atoms. The maximum absolute atomic E-state index is 11.8. The van der Waals surface area contributed by atoms with Crippen LogP contribution in [0.15, 0.2) is 40.9 Å². The molecule has 2 aromatic rings. The fourth-order valence-corrected chi connectivity index (χ4v) is 2.48. The molecule has 1 atom stereocenters. The normalized spacial score (nSPS) is 12.1. The number of para-hydroxylation sites is 1. The van der Waals surface area contributed by atoms with E-state index in [0.29, 0.717) is 11.4 Å². The molecule has 0 radical (unpaired) electrons. The first-order chi connectivity index (χ1) is 9.13. The van der Waals surface area contributed by atoms with Crippen LogP contribution in [0.5, 0.6) is 0 Å². The Labute approximate surface area is 113 Å². The monoisotopic (exact) mass is 278 g/mol. The molecule has 1 amide bonds. The first-order valence-corrected chi connectivity index (χ1v) is 7.24. The van der Waals surface area contributed by atoms with Gasteiger partial charge in [-0.15, -0.1) is 0 Å². The van der Waals surface area contributed by atoms with Crippen molar-refractivity contribution in [3.05, 3.63) is 47.9 Å². The van der Waals surface area contributed by atoms with Gasteiger partial charge in [-0.2, -0.15) is 0 Å². The maximum Gasteiger partial charge on any atom is 0.237 e. The number of carbonyl (C=O) groups is 1. The highest BCUT2D eigenvalue weighted by Gasteiger charge is 2.11. The average Bonchev–Trinajstić information content (AvgIpc) is 2.75. The van der Waals surface area contributed by atoms with Crippen LogP contribution in [0.4, 0.5) is 5.69 Å². The molecule has 2 rings (SSSR count). The molecule has 6 heteroatoms. The molecule has 100 valence electrons. The van der Waals surface area contributed by atoms with E-state index in [0.717, 1.165) is 5.69 Å². The van der Waals surface area contributed by atoms with Crippen molar-refractivity contribution in [2.45, 2.75) is 12.7 Å². The van der Waals surface area contributed by atoms with Gasteiger partial charge in [-0.1, -0.05) is 23.4 Å². The molecular formula is C13H14N2O3S. The fraction of sp³-hybridized carbons (Fsp3) is 0.231. The number of carbonyl (C=O) groups excluding carboxylic acids is 1. The fourth-order valence-electron chi connectivity index (χ4n) is 1.56. The maximum atomic E-state index is 11.8. The smallest absolute Gasteiger partial charge is 0.237 e. The second kappa shape index (κ2) is 6.29. The van der Waals surface area contributed by atoms with Gasteiger partial charge in [0, 0.05) is 22.6 Å². The Bertz CT molecular complexity index is 581. The summed E-state index contributed by atoms with van der Waals surface area (Å²) >= 11 is 0. The summed E-state index contributed by atoms with van der Waals surface area (Å²) in [4.78, 5) is 11.7. The van der Waals surface area contributed by atoms with Crippen LogP contribution in [0.25, 0.3) is 0 Å². The Morgan fingerprint density at radius 1 is 1.37 bits per heavy atom. The number of benzene rings is 1. The number of hydrogen-bond donors (Lipinski definition) is 1. The van der Waals surface area contributed by atoms with E-state index in [1.807, 2.05) is 18.2 Å². The molecule has 0 aliphatic heterocycles. The van der Waals surface area contributed by atoms with Crippen LogP contribution in [-0.2, 0) is 21.3 Å². The number of aromatic nitrogens is 1. The van der Waals surface area contributed by atoms with Gasteiger partial charge in [0.25, 0.3) is 0 Å². The van der Waals surface area contributed by atoms with E-state index in [1.54, 1.807) is 25.1 Å². The zero-order chi connectivity index (χ0) is 13.7. The summed E-state index contributed by atoms with van der Waals surface area (Å²) in [6.45, 7) is 1.79. The lowest BCUT2D eigenvalue weighted by Crippen LogP contribution is -2.20. The van der Waals surface area contributed by atoms with Crippen molar-refractivity contribution in [3.63, 3.8) is 0 Å². The molecule has 0 bridgehead atoms. The second-order valence-corrected chi connectivity index (χ2v) is 5.53. The Hall–Kier alpha value is -1.95. The summed E-state index contributed by atoms with van der Waals surface area (Å²) in [5.41, 5.74) is 1.43. The Morgan fingerprint density at radius 2 is 2.11 bits per heavy atom. The van der Waals surface area contributed by atoms with Gasteiger partial charge in [-0.05, 0) is 19.1 Å². The number of nitrogens with zero attached hydrogens (tertiary/aromatic N) is 1. The van der Waals surface area contributed by atoms with Crippen molar-refractivity contribution in [1.82, 2.24) is 5.16 Å². The van der Waals surface area contributed by atoms with E-state index in [4.69, 9.17) is 4.52 Å². The van der Waals surface area contributed by atoms with Gasteiger partial charge in [0.05, 0.1) is 11.4 Å². The van der Waals surface area contributed by atoms with E-state index < -0.39 is 10.8 Å². The lowest BCUT2D eigenvalue weighted by atomic mass is 10.3. The third-order valence-corrected chi connectivity index (χ3v) is 3.52. The summed E-state index contributed by atoms with van der Waals surface area (Å²) in [6, 6.07) is 10.8. The summed E-state index contributed by atoms with van der Waals surface area (Å²) in [7, 11) is -1.31. The summed E-state index contributed by atoms with van der Waals surface area (Å²) < 4.78 is 16.7. The Morgan fingerprint density at radius 3 is 2.74 bits per heavy atom. The minimum Gasteiger partial charge on any atom is -0.360 e. The number of amides is 1. The van der Waals surface area contributed by atoms with Gasteiger partial charge in [0.2, 0.25) is 5.91 Å². The van der Waals surface area contributed by atoms with Crippen molar-refractivity contribution in [2.75, 3.05) is 11.1 Å². The Balaban J connectivity index is 1.84. The molecule has 0 saturated heterocycles. The predicted molar refractivity (Wildman–Crippen MR) is 73.0 cm³/mol. The molecule has 0 saturated carbocycles. The van der Waals surface area contributed by atoms with Gasteiger partial charge in [-0.3, -0.25) is 9.00 Å². The number of anilines is 1. The molecule has 0 aliphatic rings. The largest absolute Gasteiger partial charge is 0.360 e. The zero-order valence-electron chi connectivity index (χ0n) is 10.5. The molecule has 1 aromatic carbocycles. The van der Waals surface area contributed by atoms with Gasteiger partial charge in [0.15, 0.2) is 0 Å². The van der Waals surface area contributed by atoms with Crippen LogP contribution in [0.2, 0.25) is 0 Å². The predicted octanol–water partition coefficient (Wildman–Crippen LogP) is 1.87. The minimum atomic E-state index is -1.31. The molecule has 1 heterocycles. The zero-order valence-corrected chi connectivity index (χ0v) is 11.3. The van der Waals surface area contributed by atoms with E-state index in [2.05, 4.69) is 10.5 Å². The van der Waals surface area contributed by atoms with Crippen LogP contribution in [0, 0.1) is 6.92 Å². The van der Waals surface area contributed by atoms with E-state index in [-0.39, 0.29) is 17.4 Å². The molecule has 0 fully saturated rings. The van der Waals surface area contributed by atoms with E-state index >= 15 is 0 Å². The molecule has 5 nitrogen and oxygen atoms in total. The molecular weight excluding hydrogens is 264 g/mol. The van der Waals surface area contributed by atoms with Crippen LogP contribution in [-0.4, -0.2) is 21.0 Å². The van der Waals surface area contributed by atoms with Crippen LogP contribution in [0.3, 0.4) is 0 Å². The topological polar surface area (TPSA) is 72.2 Å². The highest BCUT2D eigenvalue weighted by molar-refractivity contribution is 7.84. The van der Waals surface area contributed by atoms with E-state index in [1.165, 1.54) is 0 Å². The Kier molecular flexibility index (Phi) is 4.46. The van der Waals surface area contributed by atoms with Gasteiger partial charge in [0.1, 0.15) is 11.5 Å². The summed E-state index contributed by atoms with van der Waals surface area (Å²) in [5.74, 6) is 0.390.